The molecule has 180 valence electrons. The molecule has 0 fully saturated rings. The van der Waals surface area contributed by atoms with Crippen LogP contribution in [0.3, 0.4) is 0 Å². The number of furan rings is 1. The van der Waals surface area contributed by atoms with Crippen molar-refractivity contribution in [2.75, 3.05) is 25.5 Å². The maximum absolute atomic E-state index is 13.3. The lowest BCUT2D eigenvalue weighted by molar-refractivity contribution is 0.0999. The Hall–Kier alpha value is -2.91. The lowest BCUT2D eigenvalue weighted by Gasteiger charge is -2.25. The highest BCUT2D eigenvalue weighted by molar-refractivity contribution is 7.23. The standard InChI is InChI=1S/C26H23N3O3S2.ClH/c1-3-29-12-11-16-21(14-29)34-26(22(16)25-27-17-8-4-5-10-20(17)33-25)28-24(30)19-13-15-7-6-9-18(31-2)23(15)32-19;/h4-10,13H,3,11-12,14H2,1-2H3,(H,28,30);1H. The van der Waals surface area contributed by atoms with Gasteiger partial charge in [-0.3, -0.25) is 9.69 Å². The molecule has 0 atom stereocenters. The van der Waals surface area contributed by atoms with E-state index >= 15 is 0 Å². The number of rotatable bonds is 5. The van der Waals surface area contributed by atoms with Gasteiger partial charge in [-0.2, -0.15) is 0 Å². The molecule has 0 radical (unpaired) electrons. The second kappa shape index (κ2) is 9.62. The van der Waals surface area contributed by atoms with Crippen molar-refractivity contribution in [2.45, 2.75) is 19.9 Å². The molecule has 0 bridgehead atoms. The molecule has 5 aromatic rings. The number of halogens is 1. The van der Waals surface area contributed by atoms with Crippen LogP contribution in [0.15, 0.2) is 52.9 Å². The van der Waals surface area contributed by atoms with E-state index < -0.39 is 0 Å². The number of ether oxygens (including phenoxy) is 1. The Morgan fingerprint density at radius 1 is 1.20 bits per heavy atom. The number of likely N-dealkylation sites (N-methyl/N-ethyl adjacent to an activating group) is 1. The summed E-state index contributed by atoms with van der Waals surface area (Å²) in [6, 6.07) is 15.5. The molecule has 0 saturated carbocycles. The zero-order valence-electron chi connectivity index (χ0n) is 19.3. The predicted molar refractivity (Wildman–Crippen MR) is 146 cm³/mol. The number of aromatic nitrogens is 1. The fourth-order valence-electron chi connectivity index (χ4n) is 4.49. The maximum Gasteiger partial charge on any atom is 0.292 e. The number of carbonyl (C=O) groups excluding carboxylic acids is 1. The summed E-state index contributed by atoms with van der Waals surface area (Å²) in [5, 5.41) is 5.77. The fourth-order valence-corrected chi connectivity index (χ4v) is 6.89. The summed E-state index contributed by atoms with van der Waals surface area (Å²) in [5.41, 5.74) is 3.91. The van der Waals surface area contributed by atoms with Crippen LogP contribution in [0.1, 0.15) is 27.9 Å². The van der Waals surface area contributed by atoms with Gasteiger partial charge < -0.3 is 14.5 Å². The van der Waals surface area contributed by atoms with E-state index in [2.05, 4.69) is 23.2 Å². The van der Waals surface area contributed by atoms with Gasteiger partial charge in [0.1, 0.15) is 10.0 Å². The molecule has 0 saturated heterocycles. The van der Waals surface area contributed by atoms with Gasteiger partial charge in [-0.15, -0.1) is 35.1 Å². The van der Waals surface area contributed by atoms with E-state index in [-0.39, 0.29) is 24.1 Å². The zero-order valence-corrected chi connectivity index (χ0v) is 21.7. The molecule has 6 nitrogen and oxygen atoms in total. The van der Waals surface area contributed by atoms with Crippen LogP contribution in [0, 0.1) is 0 Å². The van der Waals surface area contributed by atoms with Gasteiger partial charge >= 0.3 is 0 Å². The summed E-state index contributed by atoms with van der Waals surface area (Å²) in [6.45, 7) is 5.10. The highest BCUT2D eigenvalue weighted by atomic mass is 35.5. The first-order chi connectivity index (χ1) is 16.6. The number of carbonyl (C=O) groups is 1. The molecule has 3 aromatic heterocycles. The van der Waals surface area contributed by atoms with Crippen molar-refractivity contribution in [3.63, 3.8) is 0 Å². The van der Waals surface area contributed by atoms with Crippen LogP contribution in [0.25, 0.3) is 31.8 Å². The van der Waals surface area contributed by atoms with Crippen molar-refractivity contribution in [1.82, 2.24) is 9.88 Å². The Morgan fingerprint density at radius 3 is 2.86 bits per heavy atom. The molecule has 35 heavy (non-hydrogen) atoms. The number of hydrogen-bond acceptors (Lipinski definition) is 7. The molecule has 1 amide bonds. The quantitative estimate of drug-likeness (QED) is 0.272. The smallest absolute Gasteiger partial charge is 0.292 e. The van der Waals surface area contributed by atoms with E-state index in [1.807, 2.05) is 36.4 Å². The van der Waals surface area contributed by atoms with Crippen LogP contribution in [0.2, 0.25) is 0 Å². The number of thiazole rings is 1. The summed E-state index contributed by atoms with van der Waals surface area (Å²) in [7, 11) is 1.59. The first-order valence-corrected chi connectivity index (χ1v) is 12.9. The number of benzene rings is 2. The Bertz CT molecular complexity index is 1500. The topological polar surface area (TPSA) is 67.6 Å². The van der Waals surface area contributed by atoms with Crippen LogP contribution in [-0.4, -0.2) is 36.0 Å². The number of thiophene rings is 1. The lowest BCUT2D eigenvalue weighted by Crippen LogP contribution is -2.29. The third-order valence-electron chi connectivity index (χ3n) is 6.27. The molecule has 1 aliphatic heterocycles. The summed E-state index contributed by atoms with van der Waals surface area (Å²) >= 11 is 3.32. The highest BCUT2D eigenvalue weighted by Gasteiger charge is 2.28. The molecule has 1 aliphatic rings. The van der Waals surface area contributed by atoms with Crippen LogP contribution in [0.4, 0.5) is 5.00 Å². The summed E-state index contributed by atoms with van der Waals surface area (Å²) in [5.74, 6) is 0.598. The molecular formula is C26H24ClN3O3S2. The van der Waals surface area contributed by atoms with E-state index in [9.17, 15) is 4.79 Å². The van der Waals surface area contributed by atoms with Crippen molar-refractivity contribution in [3.05, 3.63) is 64.7 Å². The number of hydrogen-bond donors (Lipinski definition) is 1. The van der Waals surface area contributed by atoms with Gasteiger partial charge in [0, 0.05) is 28.9 Å². The second-order valence-corrected chi connectivity index (χ2v) is 10.4. The van der Waals surface area contributed by atoms with Crippen molar-refractivity contribution in [3.8, 4) is 16.3 Å². The van der Waals surface area contributed by atoms with Gasteiger partial charge in [-0.05, 0) is 42.8 Å². The number of fused-ring (bicyclic) bond motifs is 3. The summed E-state index contributed by atoms with van der Waals surface area (Å²) in [6.07, 6.45) is 0.947. The molecule has 0 aliphatic carbocycles. The molecule has 2 aromatic carbocycles. The van der Waals surface area contributed by atoms with Crippen molar-refractivity contribution >= 4 is 67.2 Å². The van der Waals surface area contributed by atoms with Crippen molar-refractivity contribution < 1.29 is 13.9 Å². The number of amides is 1. The maximum atomic E-state index is 13.3. The van der Waals surface area contributed by atoms with Crippen LogP contribution < -0.4 is 10.1 Å². The number of methoxy groups -OCH3 is 1. The van der Waals surface area contributed by atoms with Crippen molar-refractivity contribution in [2.24, 2.45) is 0 Å². The first kappa shape index (κ1) is 23.8. The molecule has 6 rings (SSSR count). The Balaban J connectivity index is 0.00000253. The molecule has 4 heterocycles. The third kappa shape index (κ3) is 4.21. The molecular weight excluding hydrogens is 502 g/mol. The molecule has 0 unspecified atom stereocenters. The average Bonchev–Trinajstić information content (AvgIpc) is 3.57. The van der Waals surface area contributed by atoms with Crippen LogP contribution in [0.5, 0.6) is 5.75 Å². The Labute approximate surface area is 216 Å². The largest absolute Gasteiger partial charge is 0.493 e. The predicted octanol–water partition coefficient (Wildman–Crippen LogP) is 6.83. The molecule has 0 spiro atoms. The van der Waals surface area contributed by atoms with Crippen LogP contribution >= 0.6 is 35.1 Å². The minimum atomic E-state index is -0.272. The Kier molecular flexibility index (Phi) is 6.55. The fraction of sp³-hybridized carbons (Fsp3) is 0.231. The zero-order chi connectivity index (χ0) is 23.2. The van der Waals surface area contributed by atoms with Crippen LogP contribution in [-0.2, 0) is 13.0 Å². The molecule has 1 N–H and O–H groups in total. The van der Waals surface area contributed by atoms with Gasteiger partial charge in [0.2, 0.25) is 0 Å². The Morgan fingerprint density at radius 2 is 2.06 bits per heavy atom. The lowest BCUT2D eigenvalue weighted by atomic mass is 10.0. The minimum Gasteiger partial charge on any atom is -0.493 e. The average molecular weight is 526 g/mol. The second-order valence-electron chi connectivity index (χ2n) is 8.26. The first-order valence-electron chi connectivity index (χ1n) is 11.3. The number of nitrogens with zero attached hydrogens (tertiary/aromatic N) is 2. The van der Waals surface area contributed by atoms with Crippen molar-refractivity contribution in [1.29, 1.82) is 0 Å². The summed E-state index contributed by atoms with van der Waals surface area (Å²) in [4.78, 5) is 22.0. The highest BCUT2D eigenvalue weighted by Crippen LogP contribution is 2.46. The summed E-state index contributed by atoms with van der Waals surface area (Å²) < 4.78 is 12.4. The van der Waals surface area contributed by atoms with E-state index in [0.29, 0.717) is 11.3 Å². The van der Waals surface area contributed by atoms with E-state index in [1.165, 1.54) is 10.4 Å². The minimum absolute atomic E-state index is 0. The SMILES string of the molecule is CCN1CCc2c(sc(NC(=O)c3cc4cccc(OC)c4o3)c2-c2nc3ccccc3s2)C1.Cl. The van der Waals surface area contributed by atoms with Gasteiger partial charge in [-0.1, -0.05) is 31.2 Å². The number of nitrogens with one attached hydrogen (secondary N) is 1. The van der Waals surface area contributed by atoms with E-state index in [0.717, 1.165) is 57.2 Å². The van der Waals surface area contributed by atoms with E-state index in [1.54, 1.807) is 35.8 Å². The van der Waals surface area contributed by atoms with Gasteiger partial charge in [0.25, 0.3) is 5.91 Å². The number of anilines is 1. The monoisotopic (exact) mass is 525 g/mol. The van der Waals surface area contributed by atoms with Gasteiger partial charge in [0.05, 0.1) is 17.3 Å². The van der Waals surface area contributed by atoms with Gasteiger partial charge in [-0.25, -0.2) is 4.98 Å². The molecule has 9 heteroatoms. The normalized spacial score (nSPS) is 13.5. The number of para-hydroxylation sites is 2. The third-order valence-corrected chi connectivity index (χ3v) is 8.46. The van der Waals surface area contributed by atoms with Gasteiger partial charge in [0.15, 0.2) is 17.1 Å². The van der Waals surface area contributed by atoms with E-state index in [4.69, 9.17) is 14.1 Å².